The van der Waals surface area contributed by atoms with Crippen LogP contribution in [0.2, 0.25) is 0 Å². The second-order valence-electron chi connectivity index (χ2n) is 14.3. The summed E-state index contributed by atoms with van der Waals surface area (Å²) in [7, 11) is 1.41. The van der Waals surface area contributed by atoms with Gasteiger partial charge in [-0.2, -0.15) is 0 Å². The highest BCUT2D eigenvalue weighted by atomic mass is 32.1. The first-order valence-electron chi connectivity index (χ1n) is 18.7. The van der Waals surface area contributed by atoms with Crippen LogP contribution in [0.4, 0.5) is 9.59 Å². The number of alkyl carbamates (subject to hydrolysis) is 2. The third-order valence-electron chi connectivity index (χ3n) is 9.00. The zero-order valence-corrected chi connectivity index (χ0v) is 32.8. The molecule has 1 saturated carbocycles. The van der Waals surface area contributed by atoms with E-state index >= 15 is 0 Å². The van der Waals surface area contributed by atoms with Gasteiger partial charge in [0.05, 0.1) is 32.5 Å². The third kappa shape index (κ3) is 13.2. The standard InChI is InChI=1S/C38H55N5O10S/c1-25(52-36(47)39-5)33(45)42-31(26-11-7-6-8-12-26)35(46)43-17-10-15-30(43)34-41-29(24-54-34)32(44)27-13-9-14-28(23-27)51-22-21-50-20-19-49-18-16-40-37(48)53-38(2,3)4/h9,13-14,23-26,30-31H,6-8,10-12,15-22H2,1-5H3,(H,39,47)(H,40,48)(H,42,45)/t25?,30-,31?/m1/s1. The summed E-state index contributed by atoms with van der Waals surface area (Å²) in [5, 5.41) is 10.3. The van der Waals surface area contributed by atoms with Crippen molar-refractivity contribution in [2.75, 3.05) is 53.2 Å². The molecule has 4 rings (SSSR count). The van der Waals surface area contributed by atoms with Crippen molar-refractivity contribution in [1.29, 1.82) is 0 Å². The Kier molecular flexibility index (Phi) is 16.5. The van der Waals surface area contributed by atoms with Gasteiger partial charge < -0.3 is 44.5 Å². The largest absolute Gasteiger partial charge is 0.491 e. The van der Waals surface area contributed by atoms with E-state index in [1.165, 1.54) is 25.3 Å². The fourth-order valence-corrected chi connectivity index (χ4v) is 7.30. The molecule has 2 unspecified atom stereocenters. The number of likely N-dealkylation sites (tertiary alicyclic amines) is 1. The molecule has 2 heterocycles. The van der Waals surface area contributed by atoms with E-state index in [-0.39, 0.29) is 36.0 Å². The van der Waals surface area contributed by atoms with Gasteiger partial charge in [0.1, 0.15) is 34.7 Å². The molecule has 2 aromatic rings. The fourth-order valence-electron chi connectivity index (χ4n) is 6.36. The number of hydrogen-bond acceptors (Lipinski definition) is 12. The highest BCUT2D eigenvalue weighted by Crippen LogP contribution is 2.36. The Bertz CT molecular complexity index is 1560. The van der Waals surface area contributed by atoms with E-state index in [9.17, 15) is 24.0 Å². The molecule has 1 aromatic heterocycles. The summed E-state index contributed by atoms with van der Waals surface area (Å²) in [6.45, 7) is 9.34. The minimum absolute atomic E-state index is 0.0292. The number of ether oxygens (including phenoxy) is 5. The summed E-state index contributed by atoms with van der Waals surface area (Å²) in [4.78, 5) is 70.6. The van der Waals surface area contributed by atoms with Crippen LogP contribution in [0.15, 0.2) is 29.6 Å². The predicted octanol–water partition coefficient (Wildman–Crippen LogP) is 4.78. The summed E-state index contributed by atoms with van der Waals surface area (Å²) in [5.74, 6) is -0.471. The SMILES string of the molecule is CNC(=O)OC(C)C(=O)NC(C(=O)N1CCC[C@@H]1c1nc(C(=O)c2cccc(OCCOCCOCCNC(=O)OC(C)(C)C)c2)cs1)C1CCCCC1. The second-order valence-corrected chi connectivity index (χ2v) is 15.2. The van der Waals surface area contributed by atoms with E-state index in [4.69, 9.17) is 28.7 Å². The summed E-state index contributed by atoms with van der Waals surface area (Å²) < 4.78 is 27.1. The van der Waals surface area contributed by atoms with Crippen LogP contribution in [0.3, 0.4) is 0 Å². The topological polar surface area (TPSA) is 184 Å². The number of hydrogen-bond donors (Lipinski definition) is 3. The Hall–Kier alpha value is -4.28. The number of ketones is 1. The molecule has 298 valence electrons. The monoisotopic (exact) mass is 773 g/mol. The molecule has 1 aliphatic heterocycles. The average molecular weight is 774 g/mol. The van der Waals surface area contributed by atoms with E-state index in [2.05, 4.69) is 16.0 Å². The van der Waals surface area contributed by atoms with E-state index in [0.29, 0.717) is 62.3 Å². The Balaban J connectivity index is 1.27. The number of nitrogens with one attached hydrogen (secondary N) is 3. The molecule has 0 bridgehead atoms. The van der Waals surface area contributed by atoms with Crippen molar-refractivity contribution in [3.05, 3.63) is 45.9 Å². The summed E-state index contributed by atoms with van der Waals surface area (Å²) in [6.07, 6.45) is 3.86. The summed E-state index contributed by atoms with van der Waals surface area (Å²) in [6, 6.07) is 5.81. The van der Waals surface area contributed by atoms with Gasteiger partial charge in [-0.1, -0.05) is 31.4 Å². The number of amides is 4. The lowest BCUT2D eigenvalue weighted by Gasteiger charge is -2.35. The quantitative estimate of drug-likeness (QED) is 0.140. The van der Waals surface area contributed by atoms with Gasteiger partial charge >= 0.3 is 12.2 Å². The van der Waals surface area contributed by atoms with Crippen molar-refractivity contribution in [2.45, 2.75) is 96.4 Å². The van der Waals surface area contributed by atoms with Gasteiger partial charge in [-0.3, -0.25) is 14.4 Å². The van der Waals surface area contributed by atoms with E-state index < -0.39 is 35.8 Å². The number of carbonyl (C=O) groups excluding carboxylic acids is 5. The molecule has 3 atom stereocenters. The number of nitrogens with zero attached hydrogens (tertiary/aromatic N) is 2. The van der Waals surface area contributed by atoms with Crippen LogP contribution in [0, 0.1) is 5.92 Å². The van der Waals surface area contributed by atoms with Crippen LogP contribution >= 0.6 is 11.3 Å². The van der Waals surface area contributed by atoms with Gasteiger partial charge in [-0.15, -0.1) is 11.3 Å². The summed E-state index contributed by atoms with van der Waals surface area (Å²) in [5.41, 5.74) is 0.154. The number of aromatic nitrogens is 1. The minimum atomic E-state index is -1.07. The molecular formula is C38H55N5O10S. The van der Waals surface area contributed by atoms with Gasteiger partial charge in [-0.05, 0) is 71.4 Å². The van der Waals surface area contributed by atoms with Crippen molar-refractivity contribution in [3.63, 3.8) is 0 Å². The van der Waals surface area contributed by atoms with Gasteiger partial charge in [0.15, 0.2) is 6.10 Å². The highest BCUT2D eigenvalue weighted by molar-refractivity contribution is 7.10. The molecular weight excluding hydrogens is 719 g/mol. The molecule has 15 nitrogen and oxygen atoms in total. The first-order valence-corrected chi connectivity index (χ1v) is 19.6. The normalized spacial score (nSPS) is 17.3. The molecule has 16 heteroatoms. The van der Waals surface area contributed by atoms with E-state index in [1.807, 2.05) is 0 Å². The first kappa shape index (κ1) is 42.5. The van der Waals surface area contributed by atoms with Gasteiger partial charge in [0, 0.05) is 31.1 Å². The lowest BCUT2D eigenvalue weighted by atomic mass is 9.83. The van der Waals surface area contributed by atoms with Crippen LogP contribution in [0.5, 0.6) is 5.75 Å². The summed E-state index contributed by atoms with van der Waals surface area (Å²) >= 11 is 1.34. The smallest absolute Gasteiger partial charge is 0.407 e. The lowest BCUT2D eigenvalue weighted by Crippen LogP contribution is -2.54. The van der Waals surface area contributed by atoms with Crippen LogP contribution < -0.4 is 20.7 Å². The maximum absolute atomic E-state index is 14.2. The number of thiazole rings is 1. The van der Waals surface area contributed by atoms with Gasteiger partial charge in [0.25, 0.3) is 5.91 Å². The number of benzene rings is 1. The Morgan fingerprint density at radius 2 is 1.67 bits per heavy atom. The molecule has 54 heavy (non-hydrogen) atoms. The van der Waals surface area contributed by atoms with Crippen LogP contribution in [-0.4, -0.2) is 111 Å². The number of rotatable bonds is 18. The zero-order valence-electron chi connectivity index (χ0n) is 32.0. The zero-order chi connectivity index (χ0) is 39.1. The molecule has 0 spiro atoms. The highest BCUT2D eigenvalue weighted by Gasteiger charge is 2.40. The molecule has 2 fully saturated rings. The maximum atomic E-state index is 14.2. The van der Waals surface area contributed by atoms with Crippen LogP contribution in [0.1, 0.15) is 99.7 Å². The van der Waals surface area contributed by atoms with Gasteiger partial charge in [0.2, 0.25) is 11.7 Å². The van der Waals surface area contributed by atoms with E-state index in [0.717, 1.165) is 38.5 Å². The van der Waals surface area contributed by atoms with Crippen molar-refractivity contribution < 1.29 is 47.7 Å². The molecule has 4 amide bonds. The molecule has 1 saturated heterocycles. The van der Waals surface area contributed by atoms with Crippen LogP contribution in [-0.2, 0) is 28.5 Å². The Labute approximate surface area is 321 Å². The molecule has 3 N–H and O–H groups in total. The maximum Gasteiger partial charge on any atom is 0.407 e. The van der Waals surface area contributed by atoms with Crippen molar-refractivity contribution in [3.8, 4) is 5.75 Å². The van der Waals surface area contributed by atoms with Crippen molar-refractivity contribution in [1.82, 2.24) is 25.8 Å². The Morgan fingerprint density at radius 3 is 2.39 bits per heavy atom. The predicted molar refractivity (Wildman–Crippen MR) is 201 cm³/mol. The second kappa shape index (κ2) is 21.0. The average Bonchev–Trinajstić information content (AvgIpc) is 3.84. The fraction of sp³-hybridized carbons (Fsp3) is 0.632. The lowest BCUT2D eigenvalue weighted by molar-refractivity contribution is -0.141. The molecule has 0 radical (unpaired) electrons. The van der Waals surface area contributed by atoms with Crippen molar-refractivity contribution in [2.24, 2.45) is 5.92 Å². The minimum Gasteiger partial charge on any atom is -0.491 e. The molecule has 1 aliphatic carbocycles. The van der Waals surface area contributed by atoms with E-state index in [1.54, 1.807) is 55.3 Å². The third-order valence-corrected chi connectivity index (χ3v) is 9.94. The molecule has 1 aromatic carbocycles. The van der Waals surface area contributed by atoms with Crippen molar-refractivity contribution >= 4 is 41.1 Å². The first-order chi connectivity index (χ1) is 25.9. The van der Waals surface area contributed by atoms with Crippen LogP contribution in [0.25, 0.3) is 0 Å². The van der Waals surface area contributed by atoms with Gasteiger partial charge in [-0.25, -0.2) is 14.6 Å². The molecule has 2 aliphatic rings. The Morgan fingerprint density at radius 1 is 0.944 bits per heavy atom. The number of carbonyl (C=O) groups is 5.